The highest BCUT2D eigenvalue weighted by atomic mass is 35.5. The van der Waals surface area contributed by atoms with E-state index in [4.69, 9.17) is 23.2 Å². The van der Waals surface area contributed by atoms with E-state index in [2.05, 4.69) is 20.6 Å². The van der Waals surface area contributed by atoms with Crippen molar-refractivity contribution in [2.75, 3.05) is 17.2 Å². The van der Waals surface area contributed by atoms with Crippen LogP contribution in [0.3, 0.4) is 0 Å². The number of anilines is 2. The lowest BCUT2D eigenvalue weighted by Gasteiger charge is -2.11. The minimum atomic E-state index is 0.501. The number of hydrogen-bond acceptors (Lipinski definition) is 4. The maximum absolute atomic E-state index is 6.12. The number of nitrogens with one attached hydrogen (secondary N) is 2. The Morgan fingerprint density at radius 1 is 1.05 bits per heavy atom. The molecule has 2 aromatic heterocycles. The van der Waals surface area contributed by atoms with Crippen LogP contribution in [0.2, 0.25) is 10.0 Å². The molecule has 2 N–H and O–H groups in total. The van der Waals surface area contributed by atoms with Gasteiger partial charge in [0.05, 0.1) is 10.0 Å². The summed E-state index contributed by atoms with van der Waals surface area (Å²) in [7, 11) is 0. The minimum absolute atomic E-state index is 0.501. The van der Waals surface area contributed by atoms with E-state index < -0.39 is 0 Å². The number of aromatic nitrogens is 2. The van der Waals surface area contributed by atoms with Gasteiger partial charge in [-0.2, -0.15) is 0 Å². The molecule has 0 atom stereocenters. The Labute approximate surface area is 122 Å². The van der Waals surface area contributed by atoms with Gasteiger partial charge < -0.3 is 10.6 Å². The van der Waals surface area contributed by atoms with E-state index in [0.717, 1.165) is 12.1 Å². The Kier molecular flexibility index (Phi) is 4.82. The second-order valence-electron chi connectivity index (χ2n) is 3.89. The maximum atomic E-state index is 6.12. The molecule has 0 saturated heterocycles. The molecular formula is C13H14Cl2N4. The van der Waals surface area contributed by atoms with E-state index in [1.807, 2.05) is 19.1 Å². The lowest BCUT2D eigenvalue weighted by molar-refractivity contribution is 1.09. The first-order valence-electron chi connectivity index (χ1n) is 5.93. The Hall–Kier alpha value is -1.52. The second-order valence-corrected chi connectivity index (χ2v) is 4.70. The summed E-state index contributed by atoms with van der Waals surface area (Å²) >= 11 is 12.2. The normalized spacial score (nSPS) is 10.3. The highest BCUT2D eigenvalue weighted by molar-refractivity contribution is 6.37. The zero-order valence-electron chi connectivity index (χ0n) is 10.5. The smallest absolute Gasteiger partial charge is 0.147 e. The molecule has 0 aliphatic rings. The zero-order valence-corrected chi connectivity index (χ0v) is 12.0. The van der Waals surface area contributed by atoms with Gasteiger partial charge in [-0.25, -0.2) is 4.98 Å². The van der Waals surface area contributed by atoms with Gasteiger partial charge in [-0.05, 0) is 30.7 Å². The van der Waals surface area contributed by atoms with Crippen LogP contribution in [0.15, 0.2) is 30.6 Å². The maximum Gasteiger partial charge on any atom is 0.147 e. The molecule has 2 heterocycles. The molecule has 0 spiro atoms. The van der Waals surface area contributed by atoms with Gasteiger partial charge in [0.25, 0.3) is 0 Å². The van der Waals surface area contributed by atoms with Crippen LogP contribution in [-0.2, 0) is 6.54 Å². The summed E-state index contributed by atoms with van der Waals surface area (Å²) in [4.78, 5) is 8.35. The van der Waals surface area contributed by atoms with Gasteiger partial charge in [0.15, 0.2) is 0 Å². The first-order valence-corrected chi connectivity index (χ1v) is 6.69. The fourth-order valence-corrected chi connectivity index (χ4v) is 2.06. The molecular weight excluding hydrogens is 283 g/mol. The van der Waals surface area contributed by atoms with Crippen molar-refractivity contribution in [3.05, 3.63) is 46.2 Å². The summed E-state index contributed by atoms with van der Waals surface area (Å²) in [5.74, 6) is 1.24. The van der Waals surface area contributed by atoms with Crippen LogP contribution < -0.4 is 10.6 Å². The quantitative estimate of drug-likeness (QED) is 0.880. The van der Waals surface area contributed by atoms with Gasteiger partial charge in [-0.15, -0.1) is 0 Å². The second kappa shape index (κ2) is 6.59. The summed E-state index contributed by atoms with van der Waals surface area (Å²) in [6.45, 7) is 3.36. The molecule has 0 aliphatic heterocycles. The van der Waals surface area contributed by atoms with Crippen LogP contribution in [0.1, 0.15) is 12.5 Å². The summed E-state index contributed by atoms with van der Waals surface area (Å²) in [6, 6.07) is 5.55. The lowest BCUT2D eigenvalue weighted by Crippen LogP contribution is -2.06. The van der Waals surface area contributed by atoms with E-state index in [-0.39, 0.29) is 0 Å². The molecule has 2 aromatic rings. The number of pyridine rings is 2. The first kappa shape index (κ1) is 13.9. The molecule has 0 bridgehead atoms. The highest BCUT2D eigenvalue weighted by Gasteiger charge is 2.08. The number of hydrogen-bond donors (Lipinski definition) is 2. The van der Waals surface area contributed by atoms with E-state index in [1.165, 1.54) is 0 Å². The van der Waals surface area contributed by atoms with Crippen molar-refractivity contribution in [3.63, 3.8) is 0 Å². The van der Waals surface area contributed by atoms with Crippen LogP contribution in [0.4, 0.5) is 11.6 Å². The lowest BCUT2D eigenvalue weighted by atomic mass is 10.3. The molecule has 100 valence electrons. The molecule has 0 radical (unpaired) electrons. The van der Waals surface area contributed by atoms with Crippen molar-refractivity contribution >= 4 is 34.8 Å². The zero-order chi connectivity index (χ0) is 13.7. The summed E-state index contributed by atoms with van der Waals surface area (Å²) in [5.41, 5.74) is 1.10. The van der Waals surface area contributed by atoms with E-state index >= 15 is 0 Å². The molecule has 0 aliphatic carbocycles. The number of halogens is 2. The van der Waals surface area contributed by atoms with Gasteiger partial charge in [-0.3, -0.25) is 4.98 Å². The van der Waals surface area contributed by atoms with Crippen molar-refractivity contribution in [2.45, 2.75) is 13.5 Å². The third-order valence-electron chi connectivity index (χ3n) is 2.48. The van der Waals surface area contributed by atoms with Gasteiger partial charge in [0.1, 0.15) is 11.6 Å². The predicted octanol–water partition coefficient (Wildman–Crippen LogP) is 3.83. The van der Waals surface area contributed by atoms with E-state index in [9.17, 15) is 0 Å². The SMILES string of the molecule is CCNc1nc(NCc2ccncc2)c(Cl)cc1Cl. The Morgan fingerprint density at radius 2 is 1.68 bits per heavy atom. The third-order valence-corrected chi connectivity index (χ3v) is 3.06. The molecule has 19 heavy (non-hydrogen) atoms. The third kappa shape index (κ3) is 3.72. The summed E-state index contributed by atoms with van der Waals surface area (Å²) < 4.78 is 0. The van der Waals surface area contributed by atoms with Gasteiger partial charge in [0.2, 0.25) is 0 Å². The van der Waals surface area contributed by atoms with Crippen LogP contribution in [0, 0.1) is 0 Å². The average Bonchev–Trinajstić information content (AvgIpc) is 2.42. The fraction of sp³-hybridized carbons (Fsp3) is 0.231. The van der Waals surface area contributed by atoms with Crippen LogP contribution in [0.5, 0.6) is 0 Å². The van der Waals surface area contributed by atoms with Crippen molar-refractivity contribution in [3.8, 4) is 0 Å². The molecule has 0 amide bonds. The van der Waals surface area contributed by atoms with Crippen molar-refractivity contribution in [1.82, 2.24) is 9.97 Å². The van der Waals surface area contributed by atoms with Gasteiger partial charge >= 0.3 is 0 Å². The largest absolute Gasteiger partial charge is 0.369 e. The molecule has 0 fully saturated rings. The van der Waals surface area contributed by atoms with Crippen LogP contribution in [0.25, 0.3) is 0 Å². The monoisotopic (exact) mass is 296 g/mol. The Balaban J connectivity index is 2.13. The Morgan fingerprint density at radius 3 is 2.32 bits per heavy atom. The topological polar surface area (TPSA) is 49.8 Å². The van der Waals surface area contributed by atoms with E-state index in [1.54, 1.807) is 18.5 Å². The molecule has 0 unspecified atom stereocenters. The summed E-state index contributed by atoms with van der Waals surface area (Å²) in [6.07, 6.45) is 3.50. The average molecular weight is 297 g/mol. The standard InChI is InChI=1S/C13H14Cl2N4/c1-2-17-12-10(14)7-11(15)13(19-12)18-8-9-3-5-16-6-4-9/h3-7H,2,8H2,1H3,(H2,17,18,19). The number of rotatable bonds is 5. The van der Waals surface area contributed by atoms with E-state index in [0.29, 0.717) is 28.2 Å². The van der Waals surface area contributed by atoms with Crippen LogP contribution >= 0.6 is 23.2 Å². The minimum Gasteiger partial charge on any atom is -0.369 e. The summed E-state index contributed by atoms with van der Waals surface area (Å²) in [5, 5.41) is 7.29. The van der Waals surface area contributed by atoms with Crippen molar-refractivity contribution in [1.29, 1.82) is 0 Å². The highest BCUT2D eigenvalue weighted by Crippen LogP contribution is 2.29. The van der Waals surface area contributed by atoms with Crippen LogP contribution in [-0.4, -0.2) is 16.5 Å². The molecule has 0 saturated carbocycles. The Bertz CT molecular complexity index is 546. The first-order chi connectivity index (χ1) is 9.20. The number of nitrogens with zero attached hydrogens (tertiary/aromatic N) is 2. The molecule has 0 aromatic carbocycles. The predicted molar refractivity (Wildman–Crippen MR) is 80.0 cm³/mol. The molecule has 4 nitrogen and oxygen atoms in total. The van der Waals surface area contributed by atoms with Crippen molar-refractivity contribution in [2.24, 2.45) is 0 Å². The van der Waals surface area contributed by atoms with Gasteiger partial charge in [-0.1, -0.05) is 23.2 Å². The molecule has 2 rings (SSSR count). The molecule has 6 heteroatoms. The van der Waals surface area contributed by atoms with Crippen molar-refractivity contribution < 1.29 is 0 Å². The fourth-order valence-electron chi connectivity index (χ4n) is 1.57. The van der Waals surface area contributed by atoms with Gasteiger partial charge in [0, 0.05) is 25.5 Å².